The van der Waals surface area contributed by atoms with Crippen molar-refractivity contribution >= 4 is 0 Å². The second-order valence-electron chi connectivity index (χ2n) is 12.2. The second kappa shape index (κ2) is 17.4. The van der Waals surface area contributed by atoms with Gasteiger partial charge in [-0.3, -0.25) is 0 Å². The molecule has 33 heavy (non-hydrogen) atoms. The molecular formula is C31H62N2. The monoisotopic (exact) mass is 462 g/mol. The molecule has 2 fully saturated rings. The second-order valence-corrected chi connectivity index (χ2v) is 12.2. The third-order valence-corrected chi connectivity index (χ3v) is 9.20. The van der Waals surface area contributed by atoms with Crippen molar-refractivity contribution in [2.24, 2.45) is 11.3 Å². The van der Waals surface area contributed by atoms with Crippen LogP contribution in [0.5, 0.6) is 0 Å². The third-order valence-electron chi connectivity index (χ3n) is 9.20. The highest BCUT2D eigenvalue weighted by Crippen LogP contribution is 2.55. The maximum Gasteiger partial charge on any atom is 0.00926 e. The largest absolute Gasteiger partial charge is 0.314 e. The fourth-order valence-electron chi connectivity index (χ4n) is 6.84. The van der Waals surface area contributed by atoms with Crippen molar-refractivity contribution in [2.75, 3.05) is 20.1 Å². The predicted molar refractivity (Wildman–Crippen MR) is 148 cm³/mol. The number of nitrogens with zero attached hydrogens (tertiary/aromatic N) is 1. The van der Waals surface area contributed by atoms with E-state index < -0.39 is 0 Å². The van der Waals surface area contributed by atoms with Crippen molar-refractivity contribution in [3.05, 3.63) is 0 Å². The minimum absolute atomic E-state index is 0.739. The molecule has 0 radical (unpaired) electrons. The van der Waals surface area contributed by atoms with Crippen LogP contribution < -0.4 is 5.32 Å². The summed E-state index contributed by atoms with van der Waals surface area (Å²) in [5.74, 6) is 0.964. The number of nitrogens with one attached hydrogen (secondary N) is 1. The smallest absolute Gasteiger partial charge is 0.00926 e. The summed E-state index contributed by atoms with van der Waals surface area (Å²) in [4.78, 5) is 2.70. The zero-order valence-corrected chi connectivity index (χ0v) is 23.4. The van der Waals surface area contributed by atoms with Gasteiger partial charge in [0.2, 0.25) is 0 Å². The van der Waals surface area contributed by atoms with Gasteiger partial charge < -0.3 is 10.2 Å². The first kappa shape index (κ1) is 29.2. The summed E-state index contributed by atoms with van der Waals surface area (Å²) < 4.78 is 0. The standard InChI is InChI=1S/C31H62N2/c1-5-8-11-14-16-19-29(18-15-12-9-6-2)32-27-28-25-31(26-28)22-20-30(21-23-31)33(4)24-17-13-10-7-3/h28-30,32H,5-27H2,1-4H3. The Balaban J connectivity index is 1.61. The number of hydrogen-bond acceptors (Lipinski definition) is 2. The van der Waals surface area contributed by atoms with Crippen molar-refractivity contribution in [1.29, 1.82) is 0 Å². The molecule has 2 saturated carbocycles. The lowest BCUT2D eigenvalue weighted by molar-refractivity contribution is -0.00943. The molecule has 0 aliphatic heterocycles. The Hall–Kier alpha value is -0.0800. The zero-order valence-electron chi connectivity index (χ0n) is 23.4. The first-order chi connectivity index (χ1) is 16.1. The highest BCUT2D eigenvalue weighted by Gasteiger charge is 2.46. The summed E-state index contributed by atoms with van der Waals surface area (Å²) >= 11 is 0. The number of unbranched alkanes of at least 4 members (excludes halogenated alkanes) is 10. The number of hydrogen-bond donors (Lipinski definition) is 1. The summed E-state index contributed by atoms with van der Waals surface area (Å²) in [7, 11) is 2.39. The average molecular weight is 463 g/mol. The molecule has 0 bridgehead atoms. The van der Waals surface area contributed by atoms with Crippen LogP contribution in [-0.4, -0.2) is 37.1 Å². The molecule has 0 amide bonds. The van der Waals surface area contributed by atoms with E-state index in [1.165, 1.54) is 148 Å². The van der Waals surface area contributed by atoms with E-state index in [1.807, 2.05) is 0 Å². The quantitative estimate of drug-likeness (QED) is 0.181. The Kier molecular flexibility index (Phi) is 15.3. The molecule has 0 aromatic heterocycles. The van der Waals surface area contributed by atoms with E-state index in [-0.39, 0.29) is 0 Å². The van der Waals surface area contributed by atoms with E-state index in [0.29, 0.717) is 0 Å². The SMILES string of the molecule is CCCCCCCC(CCCCCC)NCC1CC2(CCC(N(C)CCCCCC)CC2)C1. The fraction of sp³-hybridized carbons (Fsp3) is 1.00. The lowest BCUT2D eigenvalue weighted by Crippen LogP contribution is -2.48. The predicted octanol–water partition coefficient (Wildman–Crippen LogP) is 9.13. The van der Waals surface area contributed by atoms with E-state index >= 15 is 0 Å². The van der Waals surface area contributed by atoms with Crippen LogP contribution in [0.4, 0.5) is 0 Å². The van der Waals surface area contributed by atoms with Crippen LogP contribution >= 0.6 is 0 Å². The normalized spacial score (nSPS) is 26.1. The van der Waals surface area contributed by atoms with Gasteiger partial charge in [-0.15, -0.1) is 0 Å². The van der Waals surface area contributed by atoms with Gasteiger partial charge in [-0.05, 0) is 89.3 Å². The molecule has 1 unspecified atom stereocenters. The summed E-state index contributed by atoms with van der Waals surface area (Å²) in [5, 5.41) is 4.06. The summed E-state index contributed by atoms with van der Waals surface area (Å²) in [6, 6.07) is 1.66. The van der Waals surface area contributed by atoms with Gasteiger partial charge in [0.05, 0.1) is 0 Å². The van der Waals surface area contributed by atoms with Crippen LogP contribution in [0.1, 0.15) is 156 Å². The average Bonchev–Trinajstić information content (AvgIpc) is 2.81. The molecule has 1 spiro atoms. The van der Waals surface area contributed by atoms with Gasteiger partial charge in [0, 0.05) is 12.1 Å². The van der Waals surface area contributed by atoms with E-state index in [0.717, 1.165) is 23.4 Å². The van der Waals surface area contributed by atoms with Gasteiger partial charge in [0.25, 0.3) is 0 Å². The molecule has 0 aromatic rings. The van der Waals surface area contributed by atoms with Crippen LogP contribution in [0.2, 0.25) is 0 Å². The minimum atomic E-state index is 0.739. The van der Waals surface area contributed by atoms with E-state index in [4.69, 9.17) is 0 Å². The van der Waals surface area contributed by atoms with E-state index in [2.05, 4.69) is 38.0 Å². The van der Waals surface area contributed by atoms with E-state index in [1.54, 1.807) is 0 Å². The van der Waals surface area contributed by atoms with Crippen LogP contribution in [-0.2, 0) is 0 Å². The zero-order chi connectivity index (χ0) is 23.8. The lowest BCUT2D eigenvalue weighted by atomic mass is 9.55. The van der Waals surface area contributed by atoms with Crippen molar-refractivity contribution in [3.8, 4) is 0 Å². The Morgan fingerprint density at radius 2 is 1.24 bits per heavy atom. The highest BCUT2D eigenvalue weighted by atomic mass is 15.1. The van der Waals surface area contributed by atoms with Gasteiger partial charge >= 0.3 is 0 Å². The molecule has 2 nitrogen and oxygen atoms in total. The summed E-state index contributed by atoms with van der Waals surface area (Å²) in [5.41, 5.74) is 0.739. The molecule has 2 aliphatic carbocycles. The van der Waals surface area contributed by atoms with Gasteiger partial charge in [0.15, 0.2) is 0 Å². The molecular weight excluding hydrogens is 400 g/mol. The Bertz CT molecular complexity index is 446. The van der Waals surface area contributed by atoms with Crippen LogP contribution in [0.3, 0.4) is 0 Å². The third kappa shape index (κ3) is 11.5. The maximum atomic E-state index is 4.06. The summed E-state index contributed by atoms with van der Waals surface area (Å²) in [6.45, 7) is 9.59. The first-order valence-electron chi connectivity index (χ1n) is 15.6. The maximum absolute atomic E-state index is 4.06. The van der Waals surface area contributed by atoms with Crippen LogP contribution in [0.25, 0.3) is 0 Å². The van der Waals surface area contributed by atoms with Crippen LogP contribution in [0.15, 0.2) is 0 Å². The Morgan fingerprint density at radius 3 is 1.82 bits per heavy atom. The van der Waals surface area contributed by atoms with Gasteiger partial charge in [-0.1, -0.05) is 97.8 Å². The van der Waals surface area contributed by atoms with Crippen molar-refractivity contribution in [1.82, 2.24) is 10.2 Å². The molecule has 0 aromatic carbocycles. The molecule has 2 aliphatic rings. The molecule has 1 N–H and O–H groups in total. The number of rotatable bonds is 20. The molecule has 196 valence electrons. The molecule has 2 rings (SSSR count). The Morgan fingerprint density at radius 1 is 0.727 bits per heavy atom. The lowest BCUT2D eigenvalue weighted by Gasteiger charge is -2.53. The van der Waals surface area contributed by atoms with Crippen molar-refractivity contribution < 1.29 is 0 Å². The van der Waals surface area contributed by atoms with Crippen LogP contribution in [0, 0.1) is 11.3 Å². The fourth-order valence-corrected chi connectivity index (χ4v) is 6.84. The molecule has 2 heteroatoms. The van der Waals surface area contributed by atoms with Crippen molar-refractivity contribution in [2.45, 2.75) is 168 Å². The van der Waals surface area contributed by atoms with Gasteiger partial charge in [-0.25, -0.2) is 0 Å². The molecule has 1 atom stereocenters. The first-order valence-corrected chi connectivity index (χ1v) is 15.6. The van der Waals surface area contributed by atoms with E-state index in [9.17, 15) is 0 Å². The molecule has 0 saturated heterocycles. The van der Waals surface area contributed by atoms with Gasteiger partial charge in [-0.2, -0.15) is 0 Å². The van der Waals surface area contributed by atoms with Crippen molar-refractivity contribution in [3.63, 3.8) is 0 Å². The Labute approximate surface area is 209 Å². The van der Waals surface area contributed by atoms with Gasteiger partial charge in [0.1, 0.15) is 0 Å². The highest BCUT2D eigenvalue weighted by molar-refractivity contribution is 4.98. The minimum Gasteiger partial charge on any atom is -0.314 e. The molecule has 0 heterocycles. The topological polar surface area (TPSA) is 15.3 Å². The summed E-state index contributed by atoms with van der Waals surface area (Å²) in [6.07, 6.45) is 30.1.